The number of rotatable bonds is 1. The van der Waals surface area contributed by atoms with Crippen LogP contribution in [0.3, 0.4) is 0 Å². The molecule has 2 aromatic rings. The van der Waals surface area contributed by atoms with Crippen LogP contribution in [0.2, 0.25) is 0 Å². The van der Waals surface area contributed by atoms with Gasteiger partial charge in [-0.25, -0.2) is 4.68 Å². The van der Waals surface area contributed by atoms with Gasteiger partial charge < -0.3 is 10.5 Å². The Morgan fingerprint density at radius 3 is 2.84 bits per heavy atom. The summed E-state index contributed by atoms with van der Waals surface area (Å²) in [4.78, 5) is 0. The third kappa shape index (κ3) is 1.92. The van der Waals surface area contributed by atoms with Gasteiger partial charge in [0.2, 0.25) is 0 Å². The molecule has 4 nitrogen and oxygen atoms in total. The predicted molar refractivity (Wildman–Crippen MR) is 78.3 cm³/mol. The van der Waals surface area contributed by atoms with Crippen LogP contribution in [0.1, 0.15) is 24.2 Å². The molecule has 1 aromatic heterocycles. The number of benzene rings is 1. The fraction of sp³-hybridized carbons (Fsp3) is 0.357. The number of fused-ring (bicyclic) bond motifs is 1. The number of aromatic nitrogens is 2. The van der Waals surface area contributed by atoms with E-state index in [-0.39, 0.29) is 6.04 Å². The van der Waals surface area contributed by atoms with Crippen molar-refractivity contribution >= 4 is 21.7 Å². The second kappa shape index (κ2) is 4.56. The Morgan fingerprint density at radius 1 is 1.42 bits per heavy atom. The van der Waals surface area contributed by atoms with E-state index in [9.17, 15) is 0 Å². The van der Waals surface area contributed by atoms with Crippen LogP contribution in [0.15, 0.2) is 28.7 Å². The second-order valence-electron chi connectivity index (χ2n) is 5.00. The number of aryl methyl sites for hydroxylation is 1. The van der Waals surface area contributed by atoms with E-state index in [0.29, 0.717) is 18.3 Å². The van der Waals surface area contributed by atoms with E-state index in [1.54, 1.807) is 0 Å². The van der Waals surface area contributed by atoms with Crippen LogP contribution in [0.4, 0.5) is 5.82 Å². The first-order valence-corrected chi connectivity index (χ1v) is 7.10. The van der Waals surface area contributed by atoms with Gasteiger partial charge in [-0.2, -0.15) is 5.10 Å². The van der Waals surface area contributed by atoms with Crippen molar-refractivity contribution in [3.05, 3.63) is 40.0 Å². The maximum absolute atomic E-state index is 6.17. The summed E-state index contributed by atoms with van der Waals surface area (Å²) in [6, 6.07) is 8.21. The zero-order valence-corrected chi connectivity index (χ0v) is 12.5. The first-order valence-electron chi connectivity index (χ1n) is 6.31. The minimum Gasteiger partial charge on any atom is -0.493 e. The lowest BCUT2D eigenvalue weighted by Gasteiger charge is -2.32. The number of para-hydroxylation sites is 1. The lowest BCUT2D eigenvalue weighted by atomic mass is 9.92. The molecule has 100 valence electrons. The van der Waals surface area contributed by atoms with E-state index >= 15 is 0 Å². The van der Waals surface area contributed by atoms with Crippen molar-refractivity contribution in [2.45, 2.75) is 19.9 Å². The van der Waals surface area contributed by atoms with Crippen molar-refractivity contribution in [2.75, 3.05) is 12.3 Å². The molecule has 0 bridgehead atoms. The predicted octanol–water partition coefficient (Wildman–Crippen LogP) is 3.15. The Labute approximate surface area is 120 Å². The van der Waals surface area contributed by atoms with Gasteiger partial charge in [-0.15, -0.1) is 0 Å². The molecule has 0 saturated heterocycles. The highest BCUT2D eigenvalue weighted by Gasteiger charge is 2.31. The zero-order chi connectivity index (χ0) is 13.6. The van der Waals surface area contributed by atoms with Crippen molar-refractivity contribution in [3.8, 4) is 5.75 Å². The molecule has 2 unspecified atom stereocenters. The third-order valence-corrected chi connectivity index (χ3v) is 4.57. The average molecular weight is 322 g/mol. The van der Waals surface area contributed by atoms with Gasteiger partial charge in [0.25, 0.3) is 0 Å². The Kier molecular flexibility index (Phi) is 3.01. The Bertz CT molecular complexity index is 623. The number of hydrogen-bond acceptors (Lipinski definition) is 3. The molecule has 0 fully saturated rings. The molecule has 5 heteroatoms. The van der Waals surface area contributed by atoms with Gasteiger partial charge in [-0.3, -0.25) is 0 Å². The van der Waals surface area contributed by atoms with Crippen LogP contribution in [-0.2, 0) is 0 Å². The molecular formula is C14H16BrN3O. The molecule has 1 aromatic carbocycles. The maximum atomic E-state index is 6.17. The summed E-state index contributed by atoms with van der Waals surface area (Å²) in [5, 5.41) is 4.57. The Morgan fingerprint density at radius 2 is 2.16 bits per heavy atom. The normalized spacial score (nSPS) is 21.8. The fourth-order valence-corrected chi connectivity index (χ4v) is 2.87. The van der Waals surface area contributed by atoms with Crippen molar-refractivity contribution in [2.24, 2.45) is 5.92 Å². The average Bonchev–Trinajstić information content (AvgIpc) is 2.66. The number of hydrogen-bond donors (Lipinski definition) is 1. The molecule has 1 aliphatic heterocycles. The van der Waals surface area contributed by atoms with Crippen LogP contribution in [0, 0.1) is 12.8 Å². The van der Waals surface area contributed by atoms with E-state index in [1.807, 2.05) is 29.8 Å². The third-order valence-electron chi connectivity index (χ3n) is 3.59. The monoisotopic (exact) mass is 321 g/mol. The lowest BCUT2D eigenvalue weighted by Crippen LogP contribution is -2.30. The molecule has 2 atom stereocenters. The summed E-state index contributed by atoms with van der Waals surface area (Å²) in [6.45, 7) is 4.79. The number of nitrogens with two attached hydrogens (primary N) is 1. The lowest BCUT2D eigenvalue weighted by molar-refractivity contribution is 0.186. The van der Waals surface area contributed by atoms with Crippen molar-refractivity contribution < 1.29 is 4.74 Å². The van der Waals surface area contributed by atoms with Gasteiger partial charge in [0, 0.05) is 11.5 Å². The highest BCUT2D eigenvalue weighted by Crippen LogP contribution is 2.40. The number of nitrogens with zero attached hydrogens (tertiary/aromatic N) is 2. The molecular weight excluding hydrogens is 306 g/mol. The van der Waals surface area contributed by atoms with E-state index in [1.165, 1.54) is 0 Å². The standard InChI is InChI=1S/C14H16BrN3O/c1-8-7-19-11-6-4-3-5-10(11)13(8)18-14(16)12(15)9(2)17-18/h3-6,8,13H,7,16H2,1-2H3. The number of anilines is 1. The second-order valence-corrected chi connectivity index (χ2v) is 5.79. The van der Waals surface area contributed by atoms with Crippen LogP contribution in [-0.4, -0.2) is 16.4 Å². The summed E-state index contributed by atoms with van der Waals surface area (Å²) in [7, 11) is 0. The van der Waals surface area contributed by atoms with Gasteiger partial charge >= 0.3 is 0 Å². The molecule has 0 aliphatic carbocycles. The van der Waals surface area contributed by atoms with Crippen LogP contribution in [0.5, 0.6) is 5.75 Å². The number of ether oxygens (including phenoxy) is 1. The SMILES string of the molecule is Cc1nn(C2c3ccccc3OCC2C)c(N)c1Br. The zero-order valence-electron chi connectivity index (χ0n) is 10.9. The molecule has 0 spiro atoms. The van der Waals surface area contributed by atoms with Crippen molar-refractivity contribution in [1.82, 2.24) is 9.78 Å². The van der Waals surface area contributed by atoms with Crippen LogP contribution >= 0.6 is 15.9 Å². The number of halogens is 1. The molecule has 0 saturated carbocycles. The topological polar surface area (TPSA) is 53.1 Å². The fourth-order valence-electron chi connectivity index (χ4n) is 2.61. The molecule has 0 amide bonds. The smallest absolute Gasteiger partial charge is 0.137 e. The van der Waals surface area contributed by atoms with E-state index < -0.39 is 0 Å². The minimum absolute atomic E-state index is 0.120. The Balaban J connectivity index is 2.16. The molecule has 2 heterocycles. The molecule has 0 radical (unpaired) electrons. The quantitative estimate of drug-likeness (QED) is 0.877. The summed E-state index contributed by atoms with van der Waals surface area (Å²) in [5.41, 5.74) is 8.22. The molecule has 19 heavy (non-hydrogen) atoms. The van der Waals surface area contributed by atoms with E-state index in [0.717, 1.165) is 21.5 Å². The minimum atomic E-state index is 0.120. The molecule has 1 aliphatic rings. The highest BCUT2D eigenvalue weighted by atomic mass is 79.9. The van der Waals surface area contributed by atoms with Crippen molar-refractivity contribution in [3.63, 3.8) is 0 Å². The summed E-state index contributed by atoms with van der Waals surface area (Å²) in [6.07, 6.45) is 0. The molecule has 2 N–H and O–H groups in total. The van der Waals surface area contributed by atoms with Gasteiger partial charge in [-0.05, 0) is 28.9 Å². The highest BCUT2D eigenvalue weighted by molar-refractivity contribution is 9.10. The molecule has 3 rings (SSSR count). The maximum Gasteiger partial charge on any atom is 0.137 e. The first kappa shape index (κ1) is 12.5. The summed E-state index contributed by atoms with van der Waals surface area (Å²) in [5.74, 6) is 1.92. The summed E-state index contributed by atoms with van der Waals surface area (Å²) < 4.78 is 8.56. The largest absolute Gasteiger partial charge is 0.493 e. The van der Waals surface area contributed by atoms with Crippen LogP contribution < -0.4 is 10.5 Å². The van der Waals surface area contributed by atoms with Crippen molar-refractivity contribution in [1.29, 1.82) is 0 Å². The van der Waals surface area contributed by atoms with Crippen LogP contribution in [0.25, 0.3) is 0 Å². The van der Waals surface area contributed by atoms with E-state index in [4.69, 9.17) is 10.5 Å². The van der Waals surface area contributed by atoms with Gasteiger partial charge in [-0.1, -0.05) is 25.1 Å². The van der Waals surface area contributed by atoms with Gasteiger partial charge in [0.15, 0.2) is 0 Å². The van der Waals surface area contributed by atoms with Gasteiger partial charge in [0.05, 0.1) is 22.8 Å². The van der Waals surface area contributed by atoms with Gasteiger partial charge in [0.1, 0.15) is 11.6 Å². The summed E-state index contributed by atoms with van der Waals surface area (Å²) >= 11 is 3.49. The Hall–Kier alpha value is -1.49. The number of nitrogen functional groups attached to an aromatic ring is 1. The first-order chi connectivity index (χ1) is 9.09. The van der Waals surface area contributed by atoms with E-state index in [2.05, 4.69) is 34.0 Å².